The van der Waals surface area contributed by atoms with Gasteiger partial charge in [-0.15, -0.1) is 0 Å². The van der Waals surface area contributed by atoms with Crippen LogP contribution in [0.2, 0.25) is 0 Å². The molecule has 1 amide bonds. The minimum atomic E-state index is -0.567. The summed E-state index contributed by atoms with van der Waals surface area (Å²) < 4.78 is 13.0. The first kappa shape index (κ1) is 14.6. The molecule has 0 spiro atoms. The fourth-order valence-corrected chi connectivity index (χ4v) is 1.77. The van der Waals surface area contributed by atoms with Gasteiger partial charge in [0.2, 0.25) is 0 Å². The molecule has 100 valence electrons. The molecule has 1 unspecified atom stereocenters. The van der Waals surface area contributed by atoms with Crippen LogP contribution < -0.4 is 5.32 Å². The number of carbonyl (C=O) groups excluding carboxylic acids is 1. The SMILES string of the molecule is Cc1ccc(F)cc1C(=O)NCC(O)CC(C)C. The molecule has 0 aliphatic carbocycles. The number of halogens is 1. The van der Waals surface area contributed by atoms with E-state index < -0.39 is 11.9 Å². The number of rotatable bonds is 5. The minimum Gasteiger partial charge on any atom is -0.391 e. The van der Waals surface area contributed by atoms with Crippen LogP contribution in [0.3, 0.4) is 0 Å². The fourth-order valence-electron chi connectivity index (χ4n) is 1.77. The van der Waals surface area contributed by atoms with Crippen LogP contribution in [0.4, 0.5) is 4.39 Å². The molecular formula is C14H20FNO2. The van der Waals surface area contributed by atoms with Crippen molar-refractivity contribution in [2.75, 3.05) is 6.54 Å². The first-order valence-corrected chi connectivity index (χ1v) is 6.12. The second-order valence-electron chi connectivity index (χ2n) is 4.95. The standard InChI is InChI=1S/C14H20FNO2/c1-9(2)6-12(17)8-16-14(18)13-7-11(15)5-4-10(13)3/h4-5,7,9,12,17H,6,8H2,1-3H3,(H,16,18). The predicted molar refractivity (Wildman–Crippen MR) is 68.9 cm³/mol. The van der Waals surface area contributed by atoms with Crippen molar-refractivity contribution in [3.05, 3.63) is 35.1 Å². The molecule has 0 heterocycles. The molecule has 1 rings (SSSR count). The molecular weight excluding hydrogens is 233 g/mol. The van der Waals surface area contributed by atoms with E-state index in [1.807, 2.05) is 13.8 Å². The van der Waals surface area contributed by atoms with Crippen molar-refractivity contribution in [1.82, 2.24) is 5.32 Å². The van der Waals surface area contributed by atoms with Crippen LogP contribution in [-0.2, 0) is 0 Å². The fraction of sp³-hybridized carbons (Fsp3) is 0.500. The van der Waals surface area contributed by atoms with Crippen molar-refractivity contribution < 1.29 is 14.3 Å². The average Bonchev–Trinajstić information content (AvgIpc) is 2.28. The quantitative estimate of drug-likeness (QED) is 0.845. The molecule has 1 atom stereocenters. The lowest BCUT2D eigenvalue weighted by Crippen LogP contribution is -2.33. The van der Waals surface area contributed by atoms with Crippen LogP contribution >= 0.6 is 0 Å². The van der Waals surface area contributed by atoms with Crippen molar-refractivity contribution in [3.63, 3.8) is 0 Å². The normalized spacial score (nSPS) is 12.6. The smallest absolute Gasteiger partial charge is 0.251 e. The first-order valence-electron chi connectivity index (χ1n) is 6.12. The number of carbonyl (C=O) groups is 1. The molecule has 0 aliphatic heterocycles. The molecule has 2 N–H and O–H groups in total. The van der Waals surface area contributed by atoms with Crippen LogP contribution in [0.15, 0.2) is 18.2 Å². The zero-order valence-electron chi connectivity index (χ0n) is 11.0. The van der Waals surface area contributed by atoms with E-state index in [-0.39, 0.29) is 12.5 Å². The highest BCUT2D eigenvalue weighted by Crippen LogP contribution is 2.10. The van der Waals surface area contributed by atoms with E-state index in [9.17, 15) is 14.3 Å². The Balaban J connectivity index is 2.58. The Morgan fingerprint density at radius 2 is 2.11 bits per heavy atom. The van der Waals surface area contributed by atoms with Crippen LogP contribution in [-0.4, -0.2) is 23.7 Å². The van der Waals surface area contributed by atoms with Crippen LogP contribution in [0.25, 0.3) is 0 Å². The Bertz CT molecular complexity index is 418. The van der Waals surface area contributed by atoms with E-state index in [0.29, 0.717) is 23.5 Å². The van der Waals surface area contributed by atoms with Gasteiger partial charge in [-0.2, -0.15) is 0 Å². The van der Waals surface area contributed by atoms with Crippen LogP contribution in [0.1, 0.15) is 36.2 Å². The number of hydrogen-bond acceptors (Lipinski definition) is 2. The van der Waals surface area contributed by atoms with Crippen LogP contribution in [0, 0.1) is 18.7 Å². The molecule has 0 aromatic heterocycles. The molecule has 4 heteroatoms. The summed E-state index contributed by atoms with van der Waals surface area (Å²) in [6.45, 7) is 5.94. The van der Waals surface area contributed by atoms with Gasteiger partial charge in [0.1, 0.15) is 5.82 Å². The molecule has 0 saturated heterocycles. The number of hydrogen-bond donors (Lipinski definition) is 2. The van der Waals surface area contributed by atoms with Crippen molar-refractivity contribution in [2.45, 2.75) is 33.3 Å². The highest BCUT2D eigenvalue weighted by Gasteiger charge is 2.12. The van der Waals surface area contributed by atoms with Gasteiger partial charge in [-0.25, -0.2) is 4.39 Å². The highest BCUT2D eigenvalue weighted by molar-refractivity contribution is 5.95. The monoisotopic (exact) mass is 253 g/mol. The van der Waals surface area contributed by atoms with Gasteiger partial charge in [-0.3, -0.25) is 4.79 Å². The van der Waals surface area contributed by atoms with E-state index in [1.54, 1.807) is 13.0 Å². The van der Waals surface area contributed by atoms with E-state index in [4.69, 9.17) is 0 Å². The number of benzene rings is 1. The number of nitrogens with one attached hydrogen (secondary N) is 1. The van der Waals surface area contributed by atoms with E-state index in [2.05, 4.69) is 5.32 Å². The highest BCUT2D eigenvalue weighted by atomic mass is 19.1. The molecule has 0 aliphatic rings. The largest absolute Gasteiger partial charge is 0.391 e. The lowest BCUT2D eigenvalue weighted by molar-refractivity contribution is 0.0899. The molecule has 3 nitrogen and oxygen atoms in total. The van der Waals surface area contributed by atoms with E-state index in [0.717, 1.165) is 0 Å². The maximum atomic E-state index is 13.0. The number of aliphatic hydroxyl groups excluding tert-OH is 1. The van der Waals surface area contributed by atoms with Crippen molar-refractivity contribution in [1.29, 1.82) is 0 Å². The van der Waals surface area contributed by atoms with E-state index >= 15 is 0 Å². The van der Waals surface area contributed by atoms with Gasteiger partial charge in [0.25, 0.3) is 5.91 Å². The molecule has 1 aromatic rings. The predicted octanol–water partition coefficient (Wildman–Crippen LogP) is 2.27. The second-order valence-corrected chi connectivity index (χ2v) is 4.95. The summed E-state index contributed by atoms with van der Waals surface area (Å²) in [5.41, 5.74) is 1.03. The summed E-state index contributed by atoms with van der Waals surface area (Å²) in [5.74, 6) is -0.420. The minimum absolute atomic E-state index is 0.187. The molecule has 0 bridgehead atoms. The van der Waals surface area contributed by atoms with Gasteiger partial charge in [0.05, 0.1) is 6.10 Å². The van der Waals surface area contributed by atoms with Gasteiger partial charge < -0.3 is 10.4 Å². The van der Waals surface area contributed by atoms with Crippen molar-refractivity contribution in [2.24, 2.45) is 5.92 Å². The van der Waals surface area contributed by atoms with Gasteiger partial charge in [-0.05, 0) is 37.0 Å². The van der Waals surface area contributed by atoms with Gasteiger partial charge in [-0.1, -0.05) is 19.9 Å². The third kappa shape index (κ3) is 4.45. The zero-order valence-corrected chi connectivity index (χ0v) is 11.0. The topological polar surface area (TPSA) is 49.3 Å². The summed E-state index contributed by atoms with van der Waals surface area (Å²) in [6.07, 6.45) is 0.0606. The molecule has 0 fully saturated rings. The van der Waals surface area contributed by atoms with Gasteiger partial charge >= 0.3 is 0 Å². The third-order valence-electron chi connectivity index (χ3n) is 2.69. The van der Waals surface area contributed by atoms with Crippen molar-refractivity contribution >= 4 is 5.91 Å². The Morgan fingerprint density at radius 1 is 1.44 bits per heavy atom. The lowest BCUT2D eigenvalue weighted by atomic mass is 10.1. The zero-order chi connectivity index (χ0) is 13.7. The van der Waals surface area contributed by atoms with Gasteiger partial charge in [0.15, 0.2) is 0 Å². The molecule has 0 radical (unpaired) electrons. The van der Waals surface area contributed by atoms with E-state index in [1.165, 1.54) is 12.1 Å². The second kappa shape index (κ2) is 6.50. The third-order valence-corrected chi connectivity index (χ3v) is 2.69. The summed E-state index contributed by atoms with van der Waals surface area (Å²) in [7, 11) is 0. The molecule has 0 saturated carbocycles. The Labute approximate surface area is 107 Å². The van der Waals surface area contributed by atoms with Crippen molar-refractivity contribution in [3.8, 4) is 0 Å². The summed E-state index contributed by atoms with van der Waals surface area (Å²) in [5, 5.41) is 12.3. The summed E-state index contributed by atoms with van der Waals surface area (Å²) in [6, 6.07) is 4.09. The number of aryl methyl sites for hydroxylation is 1. The first-order chi connectivity index (χ1) is 8.40. The van der Waals surface area contributed by atoms with Gasteiger partial charge in [0, 0.05) is 12.1 Å². The Kier molecular flexibility index (Phi) is 5.28. The summed E-state index contributed by atoms with van der Waals surface area (Å²) in [4.78, 5) is 11.8. The maximum Gasteiger partial charge on any atom is 0.251 e. The Hall–Kier alpha value is -1.42. The number of aliphatic hydroxyl groups is 1. The Morgan fingerprint density at radius 3 is 2.72 bits per heavy atom. The summed E-state index contributed by atoms with van der Waals surface area (Å²) >= 11 is 0. The van der Waals surface area contributed by atoms with Crippen LogP contribution in [0.5, 0.6) is 0 Å². The molecule has 18 heavy (non-hydrogen) atoms. The lowest BCUT2D eigenvalue weighted by Gasteiger charge is -2.14. The maximum absolute atomic E-state index is 13.0. The number of amides is 1. The molecule has 1 aromatic carbocycles. The average molecular weight is 253 g/mol.